The van der Waals surface area contributed by atoms with Crippen LogP contribution in [-0.4, -0.2) is 39.6 Å². The zero-order chi connectivity index (χ0) is 11.2. The average molecular weight is 211 g/mol. The number of carbonyl (C=O) groups is 2. The third kappa shape index (κ3) is 1.26. The quantitative estimate of drug-likeness (QED) is 0.634. The molecule has 0 saturated carbocycles. The molecule has 0 aromatic heterocycles. The van der Waals surface area contributed by atoms with Gasteiger partial charge in [0.25, 0.3) is 0 Å². The molecule has 2 N–H and O–H groups in total. The molecule has 0 aliphatic carbocycles. The second kappa shape index (κ2) is 3.34. The summed E-state index contributed by atoms with van der Waals surface area (Å²) in [6, 6.07) is -0.0595. The number of carboxylic acids is 1. The molecule has 5 nitrogen and oxygen atoms in total. The monoisotopic (exact) mass is 211 g/mol. The number of carbonyl (C=O) groups excluding carboxylic acids is 1. The van der Waals surface area contributed by atoms with Crippen LogP contribution in [0.1, 0.15) is 13.3 Å². The summed E-state index contributed by atoms with van der Waals surface area (Å²) in [5.41, 5.74) is 0.0895. The molecule has 0 radical (unpaired) electrons. The predicted octanol–water partition coefficient (Wildman–Crippen LogP) is -0.186. The van der Waals surface area contributed by atoms with Crippen molar-refractivity contribution in [1.82, 2.24) is 4.90 Å². The fourth-order valence-corrected chi connectivity index (χ4v) is 2.49. The number of nitrogens with zero attached hydrogens (tertiary/aromatic N) is 1. The van der Waals surface area contributed by atoms with Gasteiger partial charge in [-0.1, -0.05) is 6.92 Å². The fraction of sp³-hybridized carbons (Fsp3) is 0.600. The third-order valence-electron chi connectivity index (χ3n) is 3.14. The van der Waals surface area contributed by atoms with E-state index in [0.717, 1.165) is 0 Å². The molecule has 0 aromatic carbocycles. The van der Waals surface area contributed by atoms with Gasteiger partial charge in [0, 0.05) is 6.61 Å². The highest BCUT2D eigenvalue weighted by atomic mass is 16.4. The maximum atomic E-state index is 11.6. The van der Waals surface area contributed by atoms with Gasteiger partial charge in [-0.15, -0.1) is 0 Å². The van der Waals surface area contributed by atoms with Crippen LogP contribution < -0.4 is 0 Å². The van der Waals surface area contributed by atoms with E-state index in [-0.39, 0.29) is 36.1 Å². The van der Waals surface area contributed by atoms with Gasteiger partial charge in [0.1, 0.15) is 5.70 Å². The Morgan fingerprint density at radius 1 is 1.60 bits per heavy atom. The standard InChI is InChI=1S/C10H13NO4/c1-5-4-7(10(14)15)11-8(5)6(2-3-12)9(11)13/h4-6,8,12H,2-3H2,1H3,(H,14,15)/t5?,6?,8-/m1/s1. The molecule has 1 amide bonds. The molecule has 2 unspecified atom stereocenters. The van der Waals surface area contributed by atoms with Crippen LogP contribution in [0.25, 0.3) is 0 Å². The third-order valence-corrected chi connectivity index (χ3v) is 3.14. The second-order valence-corrected chi connectivity index (χ2v) is 4.03. The number of fused-ring (bicyclic) bond motifs is 1. The van der Waals surface area contributed by atoms with E-state index in [1.165, 1.54) is 4.90 Å². The number of amides is 1. The highest BCUT2D eigenvalue weighted by Gasteiger charge is 2.54. The Morgan fingerprint density at radius 3 is 2.80 bits per heavy atom. The largest absolute Gasteiger partial charge is 0.477 e. The number of rotatable bonds is 3. The topological polar surface area (TPSA) is 77.8 Å². The summed E-state index contributed by atoms with van der Waals surface area (Å²) in [6.45, 7) is 1.86. The lowest BCUT2D eigenvalue weighted by atomic mass is 9.80. The number of aliphatic carboxylic acids is 1. The van der Waals surface area contributed by atoms with Gasteiger partial charge >= 0.3 is 5.97 Å². The van der Waals surface area contributed by atoms with Crippen molar-refractivity contribution in [3.05, 3.63) is 11.8 Å². The van der Waals surface area contributed by atoms with Gasteiger partial charge < -0.3 is 15.1 Å². The molecule has 1 fully saturated rings. The second-order valence-electron chi connectivity index (χ2n) is 4.03. The Bertz CT molecular complexity index is 349. The first-order chi connectivity index (χ1) is 7.07. The molecule has 2 rings (SSSR count). The average Bonchev–Trinajstić information content (AvgIpc) is 2.49. The van der Waals surface area contributed by atoms with Gasteiger partial charge in [0.2, 0.25) is 5.91 Å². The molecule has 3 atom stereocenters. The smallest absolute Gasteiger partial charge is 0.352 e. The van der Waals surface area contributed by atoms with E-state index in [1.807, 2.05) is 6.92 Å². The van der Waals surface area contributed by atoms with Crippen LogP contribution in [0.4, 0.5) is 0 Å². The van der Waals surface area contributed by atoms with Crippen molar-refractivity contribution in [2.24, 2.45) is 11.8 Å². The minimum Gasteiger partial charge on any atom is -0.477 e. The Morgan fingerprint density at radius 2 is 2.27 bits per heavy atom. The number of hydrogen-bond acceptors (Lipinski definition) is 3. The summed E-state index contributed by atoms with van der Waals surface area (Å²) in [5.74, 6) is -1.38. The van der Waals surface area contributed by atoms with Crippen LogP contribution in [0.2, 0.25) is 0 Å². The van der Waals surface area contributed by atoms with Crippen molar-refractivity contribution in [3.8, 4) is 0 Å². The van der Waals surface area contributed by atoms with E-state index in [2.05, 4.69) is 0 Å². The lowest BCUT2D eigenvalue weighted by molar-refractivity contribution is -0.157. The molecule has 0 spiro atoms. The van der Waals surface area contributed by atoms with Crippen LogP contribution >= 0.6 is 0 Å². The van der Waals surface area contributed by atoms with Crippen LogP contribution in [0.5, 0.6) is 0 Å². The van der Waals surface area contributed by atoms with Crippen molar-refractivity contribution in [1.29, 1.82) is 0 Å². The van der Waals surface area contributed by atoms with Crippen molar-refractivity contribution in [2.75, 3.05) is 6.61 Å². The predicted molar refractivity (Wildman–Crippen MR) is 50.7 cm³/mol. The van der Waals surface area contributed by atoms with Crippen molar-refractivity contribution >= 4 is 11.9 Å². The van der Waals surface area contributed by atoms with Crippen LogP contribution in [0.3, 0.4) is 0 Å². The van der Waals surface area contributed by atoms with E-state index in [9.17, 15) is 9.59 Å². The maximum Gasteiger partial charge on any atom is 0.352 e. The molecule has 2 aliphatic rings. The van der Waals surface area contributed by atoms with Gasteiger partial charge in [0.05, 0.1) is 12.0 Å². The number of carboxylic acid groups (broad SMARTS) is 1. The Labute approximate surface area is 87.0 Å². The molecule has 1 saturated heterocycles. The van der Waals surface area contributed by atoms with Gasteiger partial charge in [-0.25, -0.2) is 4.79 Å². The highest BCUT2D eigenvalue weighted by Crippen LogP contribution is 2.42. The van der Waals surface area contributed by atoms with Crippen molar-refractivity contribution in [2.45, 2.75) is 19.4 Å². The lowest BCUT2D eigenvalue weighted by Crippen LogP contribution is -2.60. The SMILES string of the molecule is CC1C=C(C(=O)O)N2C(=O)C(CCO)[C@@H]12. The van der Waals surface area contributed by atoms with Gasteiger partial charge in [0.15, 0.2) is 0 Å². The highest BCUT2D eigenvalue weighted by molar-refractivity contribution is 5.98. The number of hydrogen-bond donors (Lipinski definition) is 2. The van der Waals surface area contributed by atoms with E-state index in [0.29, 0.717) is 6.42 Å². The summed E-state index contributed by atoms with van der Waals surface area (Å²) >= 11 is 0. The van der Waals surface area contributed by atoms with Gasteiger partial charge in [-0.2, -0.15) is 0 Å². The molecule has 2 heterocycles. The summed E-state index contributed by atoms with van der Waals surface area (Å²) in [5, 5.41) is 17.7. The lowest BCUT2D eigenvalue weighted by Gasteiger charge is -2.45. The summed E-state index contributed by atoms with van der Waals surface area (Å²) in [6.07, 6.45) is 2.04. The minimum atomic E-state index is -1.06. The minimum absolute atomic E-state index is 0.0319. The van der Waals surface area contributed by atoms with Crippen LogP contribution in [-0.2, 0) is 9.59 Å². The summed E-state index contributed by atoms with van der Waals surface area (Å²) in [4.78, 5) is 23.8. The van der Waals surface area contributed by atoms with E-state index < -0.39 is 5.97 Å². The Hall–Kier alpha value is -1.36. The number of aliphatic hydroxyl groups is 1. The Balaban J connectivity index is 2.18. The normalized spacial score (nSPS) is 33.5. The van der Waals surface area contributed by atoms with E-state index in [4.69, 9.17) is 10.2 Å². The van der Waals surface area contributed by atoms with Crippen LogP contribution in [0.15, 0.2) is 11.8 Å². The fourth-order valence-electron chi connectivity index (χ4n) is 2.49. The van der Waals surface area contributed by atoms with Crippen molar-refractivity contribution in [3.63, 3.8) is 0 Å². The van der Waals surface area contributed by atoms with Gasteiger partial charge in [-0.05, 0) is 18.4 Å². The zero-order valence-electron chi connectivity index (χ0n) is 8.38. The van der Waals surface area contributed by atoms with Crippen LogP contribution in [0, 0.1) is 11.8 Å². The first-order valence-corrected chi connectivity index (χ1v) is 4.97. The molecular formula is C10H13NO4. The molecular weight excluding hydrogens is 198 g/mol. The zero-order valence-corrected chi connectivity index (χ0v) is 8.38. The molecule has 82 valence electrons. The first kappa shape index (κ1) is 10.2. The Kier molecular flexibility index (Phi) is 2.26. The number of β-lactam (4-membered cyclic amide) rings is 1. The number of aliphatic hydroxyl groups excluding tert-OH is 1. The molecule has 0 bridgehead atoms. The summed E-state index contributed by atoms with van der Waals surface area (Å²) in [7, 11) is 0. The van der Waals surface area contributed by atoms with Gasteiger partial charge in [-0.3, -0.25) is 4.79 Å². The molecule has 2 aliphatic heterocycles. The molecule has 15 heavy (non-hydrogen) atoms. The van der Waals surface area contributed by atoms with E-state index >= 15 is 0 Å². The van der Waals surface area contributed by atoms with E-state index in [1.54, 1.807) is 6.08 Å². The maximum absolute atomic E-state index is 11.6. The molecule has 0 aromatic rings. The first-order valence-electron chi connectivity index (χ1n) is 4.97. The molecule has 5 heteroatoms. The summed E-state index contributed by atoms with van der Waals surface area (Å²) < 4.78 is 0. The van der Waals surface area contributed by atoms with Crippen molar-refractivity contribution < 1.29 is 19.8 Å².